The first-order valence-electron chi connectivity index (χ1n) is 9.36. The van der Waals surface area contributed by atoms with Crippen molar-refractivity contribution in [2.45, 2.75) is 25.1 Å². The van der Waals surface area contributed by atoms with Crippen LogP contribution in [-0.4, -0.2) is 40.9 Å². The molecule has 0 aliphatic carbocycles. The Balaban J connectivity index is 1.49. The molecule has 2 aromatic carbocycles. The van der Waals surface area contributed by atoms with E-state index in [1.165, 1.54) is 24.3 Å². The van der Waals surface area contributed by atoms with E-state index in [4.69, 9.17) is 4.74 Å². The predicted octanol–water partition coefficient (Wildman–Crippen LogP) is 2.16. The van der Waals surface area contributed by atoms with E-state index >= 15 is 0 Å². The Hall–Kier alpha value is -3.30. The minimum absolute atomic E-state index is 0.0251. The second kappa shape index (κ2) is 7.98. The molecule has 0 saturated carbocycles. The summed E-state index contributed by atoms with van der Waals surface area (Å²) < 4.78 is 5.67. The lowest BCUT2D eigenvalue weighted by atomic mass is 10.1. The number of carbonyl (C=O) groups is 2. The van der Waals surface area contributed by atoms with Crippen LogP contribution in [0, 0.1) is 10.1 Å². The smallest absolute Gasteiger partial charge is 0.269 e. The van der Waals surface area contributed by atoms with E-state index in [1.807, 2.05) is 12.1 Å². The summed E-state index contributed by atoms with van der Waals surface area (Å²) in [6.07, 6.45) is 1.31. The summed E-state index contributed by atoms with van der Waals surface area (Å²) in [5.41, 5.74) is 7.10. The number of amides is 2. The van der Waals surface area contributed by atoms with Gasteiger partial charge in [0.05, 0.1) is 11.0 Å². The van der Waals surface area contributed by atoms with Gasteiger partial charge in [-0.2, -0.15) is 0 Å². The number of rotatable bonds is 6. The summed E-state index contributed by atoms with van der Waals surface area (Å²) in [6, 6.07) is 12.6. The van der Waals surface area contributed by atoms with Gasteiger partial charge in [0.1, 0.15) is 6.17 Å². The number of hydrogen-bond acceptors (Lipinski definition) is 6. The molecule has 0 aromatic heterocycles. The highest BCUT2D eigenvalue weighted by Gasteiger charge is 2.38. The lowest BCUT2D eigenvalue weighted by Gasteiger charge is -2.28. The number of benzene rings is 2. The zero-order valence-electron chi connectivity index (χ0n) is 15.5. The molecule has 2 amide bonds. The number of fused-ring (bicyclic) bond motifs is 1. The first kappa shape index (κ1) is 19.0. The van der Waals surface area contributed by atoms with Gasteiger partial charge in [0.15, 0.2) is 0 Å². The second-order valence-corrected chi connectivity index (χ2v) is 6.98. The molecule has 2 N–H and O–H groups in total. The molecule has 0 bridgehead atoms. The minimum Gasteiger partial charge on any atom is -0.376 e. The van der Waals surface area contributed by atoms with Crippen LogP contribution in [0.4, 0.5) is 5.69 Å². The fraction of sp³-hybridized carbons (Fsp3) is 0.300. The van der Waals surface area contributed by atoms with Crippen LogP contribution < -0.4 is 10.9 Å². The number of nitro benzene ring substituents is 1. The van der Waals surface area contributed by atoms with Crippen molar-refractivity contribution in [3.8, 4) is 0 Å². The number of nitrogens with one attached hydrogen (secondary N) is 2. The van der Waals surface area contributed by atoms with Gasteiger partial charge in [-0.15, -0.1) is 0 Å². The Bertz CT molecular complexity index is 940. The molecule has 2 aliphatic heterocycles. The minimum atomic E-state index is -0.524. The van der Waals surface area contributed by atoms with E-state index in [9.17, 15) is 19.7 Å². The number of non-ortho nitro benzene ring substituents is 1. The van der Waals surface area contributed by atoms with E-state index in [0.717, 1.165) is 18.4 Å². The Kier molecular flexibility index (Phi) is 5.24. The highest BCUT2D eigenvalue weighted by Crippen LogP contribution is 2.32. The third-order valence-electron chi connectivity index (χ3n) is 5.15. The average Bonchev–Trinajstić information content (AvgIpc) is 3.34. The van der Waals surface area contributed by atoms with Gasteiger partial charge in [-0.1, -0.05) is 18.2 Å². The largest absolute Gasteiger partial charge is 0.376 e. The van der Waals surface area contributed by atoms with Crippen molar-refractivity contribution < 1.29 is 19.2 Å². The van der Waals surface area contributed by atoms with Crippen LogP contribution in [0.5, 0.6) is 0 Å². The lowest BCUT2D eigenvalue weighted by molar-refractivity contribution is -0.384. The molecule has 4 rings (SSSR count). The summed E-state index contributed by atoms with van der Waals surface area (Å²) in [6.45, 7) is 1.12. The molecule has 0 radical (unpaired) electrons. The van der Waals surface area contributed by atoms with Gasteiger partial charge >= 0.3 is 0 Å². The Morgan fingerprint density at radius 3 is 2.66 bits per heavy atom. The topological polar surface area (TPSA) is 114 Å². The molecule has 9 heteroatoms. The SMILES string of the molecule is O=C(NN[C@@H]1c2ccccc2C(=O)N1C[C@H]1CCCO1)c1ccc([N+](=O)[O-])cc1. The molecule has 150 valence electrons. The summed E-state index contributed by atoms with van der Waals surface area (Å²) in [7, 11) is 0. The summed E-state index contributed by atoms with van der Waals surface area (Å²) in [5, 5.41) is 10.8. The van der Waals surface area contributed by atoms with Crippen molar-refractivity contribution in [1.82, 2.24) is 15.8 Å². The standard InChI is InChI=1S/C20H20N4O5/c25-19(13-7-9-14(10-8-13)24(27)28)22-21-18-16-5-1-2-6-17(16)20(26)23(18)12-15-4-3-11-29-15/h1-2,5-10,15,18,21H,3-4,11-12H2,(H,22,25)/t15-,18+/m1/s1. The van der Waals surface area contributed by atoms with E-state index in [-0.39, 0.29) is 23.3 Å². The molecule has 2 heterocycles. The molecular formula is C20H20N4O5. The number of nitro groups is 1. The fourth-order valence-corrected chi connectivity index (χ4v) is 3.66. The van der Waals surface area contributed by atoms with Crippen molar-refractivity contribution in [1.29, 1.82) is 0 Å². The second-order valence-electron chi connectivity index (χ2n) is 6.98. The van der Waals surface area contributed by atoms with Crippen LogP contribution in [0.15, 0.2) is 48.5 Å². The van der Waals surface area contributed by atoms with Crippen LogP contribution in [0.2, 0.25) is 0 Å². The van der Waals surface area contributed by atoms with E-state index in [1.54, 1.807) is 17.0 Å². The lowest BCUT2D eigenvalue weighted by Crippen LogP contribution is -2.47. The third kappa shape index (κ3) is 3.82. The van der Waals surface area contributed by atoms with E-state index in [2.05, 4.69) is 10.9 Å². The zero-order valence-corrected chi connectivity index (χ0v) is 15.5. The molecule has 0 spiro atoms. The Morgan fingerprint density at radius 2 is 1.97 bits per heavy atom. The van der Waals surface area contributed by atoms with Crippen LogP contribution >= 0.6 is 0 Å². The fourth-order valence-electron chi connectivity index (χ4n) is 3.66. The first-order valence-corrected chi connectivity index (χ1v) is 9.36. The maximum absolute atomic E-state index is 12.9. The van der Waals surface area contributed by atoms with Crippen molar-refractivity contribution in [3.63, 3.8) is 0 Å². The van der Waals surface area contributed by atoms with Crippen LogP contribution in [0.3, 0.4) is 0 Å². The maximum atomic E-state index is 12.9. The molecule has 2 atom stereocenters. The van der Waals surface area contributed by atoms with Crippen molar-refractivity contribution in [2.75, 3.05) is 13.2 Å². The van der Waals surface area contributed by atoms with Crippen molar-refractivity contribution in [3.05, 3.63) is 75.3 Å². The van der Waals surface area contributed by atoms with Gasteiger partial charge in [-0.3, -0.25) is 25.1 Å². The number of ether oxygens (including phenoxy) is 1. The number of hydrazine groups is 1. The summed E-state index contributed by atoms with van der Waals surface area (Å²) in [5.74, 6) is -0.563. The Labute approximate surface area is 166 Å². The van der Waals surface area contributed by atoms with Crippen molar-refractivity contribution >= 4 is 17.5 Å². The molecule has 2 aliphatic rings. The highest BCUT2D eigenvalue weighted by molar-refractivity contribution is 5.99. The number of nitrogens with zero attached hydrogens (tertiary/aromatic N) is 2. The summed E-state index contributed by atoms with van der Waals surface area (Å²) >= 11 is 0. The van der Waals surface area contributed by atoms with Crippen LogP contribution in [-0.2, 0) is 4.74 Å². The normalized spacial score (nSPS) is 20.6. The van der Waals surface area contributed by atoms with Gasteiger partial charge in [-0.05, 0) is 31.0 Å². The first-order chi connectivity index (χ1) is 14.0. The highest BCUT2D eigenvalue weighted by atomic mass is 16.6. The van der Waals surface area contributed by atoms with E-state index in [0.29, 0.717) is 18.7 Å². The van der Waals surface area contributed by atoms with Crippen LogP contribution in [0.25, 0.3) is 0 Å². The van der Waals surface area contributed by atoms with Gasteiger partial charge in [0, 0.05) is 42.0 Å². The summed E-state index contributed by atoms with van der Waals surface area (Å²) in [4.78, 5) is 37.2. The molecule has 9 nitrogen and oxygen atoms in total. The molecule has 0 unspecified atom stereocenters. The predicted molar refractivity (Wildman–Crippen MR) is 103 cm³/mol. The van der Waals surface area contributed by atoms with Gasteiger partial charge in [0.2, 0.25) is 0 Å². The average molecular weight is 396 g/mol. The van der Waals surface area contributed by atoms with E-state index < -0.39 is 17.0 Å². The quantitative estimate of drug-likeness (QED) is 0.571. The monoisotopic (exact) mass is 396 g/mol. The zero-order chi connectivity index (χ0) is 20.4. The number of carbonyl (C=O) groups excluding carboxylic acids is 2. The molecule has 2 aromatic rings. The maximum Gasteiger partial charge on any atom is 0.269 e. The molecular weight excluding hydrogens is 376 g/mol. The van der Waals surface area contributed by atoms with Crippen molar-refractivity contribution in [2.24, 2.45) is 0 Å². The van der Waals surface area contributed by atoms with Crippen LogP contribution in [0.1, 0.15) is 45.3 Å². The van der Waals surface area contributed by atoms with Gasteiger partial charge in [0.25, 0.3) is 17.5 Å². The number of hydrogen-bond donors (Lipinski definition) is 2. The molecule has 29 heavy (non-hydrogen) atoms. The third-order valence-corrected chi connectivity index (χ3v) is 5.15. The Morgan fingerprint density at radius 1 is 1.21 bits per heavy atom. The van der Waals surface area contributed by atoms with Gasteiger partial charge < -0.3 is 9.64 Å². The van der Waals surface area contributed by atoms with Gasteiger partial charge in [-0.25, -0.2) is 5.43 Å². The molecule has 1 fully saturated rings. The molecule has 1 saturated heterocycles.